The van der Waals surface area contributed by atoms with Crippen LogP contribution in [-0.2, 0) is 0 Å². The lowest BCUT2D eigenvalue weighted by Crippen LogP contribution is -2.43. The fourth-order valence-corrected chi connectivity index (χ4v) is 4.47. The molecule has 0 amide bonds. The Labute approximate surface area is 135 Å². The molecule has 6 heteroatoms. The van der Waals surface area contributed by atoms with Crippen LogP contribution < -0.4 is 4.90 Å². The van der Waals surface area contributed by atoms with Gasteiger partial charge in [-0.2, -0.15) is 0 Å². The first kappa shape index (κ1) is 15.6. The van der Waals surface area contributed by atoms with Gasteiger partial charge >= 0.3 is 0 Å². The lowest BCUT2D eigenvalue weighted by Gasteiger charge is -2.31. The normalized spacial score (nSPS) is 22.2. The molecule has 0 radical (unpaired) electrons. The van der Waals surface area contributed by atoms with Gasteiger partial charge in [0.15, 0.2) is 0 Å². The number of aliphatic hydroxyl groups excluding tert-OH is 1. The van der Waals surface area contributed by atoms with Gasteiger partial charge in [0, 0.05) is 25.2 Å². The molecule has 0 aromatic carbocycles. The highest BCUT2D eigenvalue weighted by atomic mass is 32.1. The molecule has 1 aliphatic heterocycles. The molecule has 0 spiro atoms. The molecule has 2 aromatic rings. The summed E-state index contributed by atoms with van der Waals surface area (Å²) >= 11 is 1.70. The summed E-state index contributed by atoms with van der Waals surface area (Å²) in [5.41, 5.74) is 1.26. The zero-order valence-corrected chi connectivity index (χ0v) is 14.5. The maximum Gasteiger partial charge on any atom is 0.141 e. The molecule has 1 saturated heterocycles. The van der Waals surface area contributed by atoms with Crippen LogP contribution in [0.15, 0.2) is 5.38 Å². The summed E-state index contributed by atoms with van der Waals surface area (Å²) in [7, 11) is 2.09. The van der Waals surface area contributed by atoms with Crippen molar-refractivity contribution in [2.24, 2.45) is 0 Å². The number of fused-ring (bicyclic) bond motifs is 1. The second-order valence-corrected chi connectivity index (χ2v) is 7.05. The number of thiophene rings is 1. The molecule has 0 bridgehead atoms. The van der Waals surface area contributed by atoms with E-state index < -0.39 is 0 Å². The number of aromatic nitrogens is 2. The second-order valence-electron chi connectivity index (χ2n) is 6.19. The van der Waals surface area contributed by atoms with Crippen molar-refractivity contribution in [1.82, 2.24) is 14.9 Å². The maximum atomic E-state index is 9.18. The van der Waals surface area contributed by atoms with Crippen LogP contribution in [0.2, 0.25) is 0 Å². The molecular formula is C16H24N4OS. The summed E-state index contributed by atoms with van der Waals surface area (Å²) in [6.45, 7) is 8.29. The molecule has 1 fully saturated rings. The van der Waals surface area contributed by atoms with Gasteiger partial charge in [0.25, 0.3) is 0 Å². The Morgan fingerprint density at radius 2 is 2.18 bits per heavy atom. The molecule has 5 nitrogen and oxygen atoms in total. The number of anilines is 1. The van der Waals surface area contributed by atoms with Gasteiger partial charge in [0.1, 0.15) is 16.5 Å². The SMILES string of the molecule is Cc1nc(N2CC[C@@H](N(C)CCO)[C@H]2C)c2c(C)csc2n1. The van der Waals surface area contributed by atoms with Crippen LogP contribution in [-0.4, -0.2) is 58.8 Å². The molecule has 0 unspecified atom stereocenters. The minimum absolute atomic E-state index is 0.209. The Balaban J connectivity index is 1.97. The van der Waals surface area contributed by atoms with E-state index in [2.05, 4.69) is 41.1 Å². The van der Waals surface area contributed by atoms with Crippen molar-refractivity contribution in [3.05, 3.63) is 16.8 Å². The molecule has 1 aliphatic rings. The van der Waals surface area contributed by atoms with Crippen LogP contribution in [0.5, 0.6) is 0 Å². The first-order chi connectivity index (χ1) is 10.5. The van der Waals surface area contributed by atoms with Crippen molar-refractivity contribution in [3.63, 3.8) is 0 Å². The Morgan fingerprint density at radius 3 is 2.91 bits per heavy atom. The van der Waals surface area contributed by atoms with E-state index in [9.17, 15) is 5.11 Å². The van der Waals surface area contributed by atoms with Crippen molar-refractivity contribution in [1.29, 1.82) is 0 Å². The van der Waals surface area contributed by atoms with Gasteiger partial charge in [-0.3, -0.25) is 4.90 Å². The number of rotatable bonds is 4. The monoisotopic (exact) mass is 320 g/mol. The van der Waals surface area contributed by atoms with E-state index in [4.69, 9.17) is 4.98 Å². The van der Waals surface area contributed by atoms with Crippen LogP contribution in [0.1, 0.15) is 24.7 Å². The van der Waals surface area contributed by atoms with Gasteiger partial charge in [-0.25, -0.2) is 9.97 Å². The van der Waals surface area contributed by atoms with Crippen molar-refractivity contribution in [2.45, 2.75) is 39.3 Å². The summed E-state index contributed by atoms with van der Waals surface area (Å²) in [5.74, 6) is 1.91. The minimum atomic E-state index is 0.209. The maximum absolute atomic E-state index is 9.18. The van der Waals surface area contributed by atoms with E-state index in [0.717, 1.165) is 36.0 Å². The third kappa shape index (κ3) is 2.59. The molecule has 1 N–H and O–H groups in total. The minimum Gasteiger partial charge on any atom is -0.395 e. The number of nitrogens with zero attached hydrogens (tertiary/aromatic N) is 4. The van der Waals surface area contributed by atoms with E-state index >= 15 is 0 Å². The Hall–Kier alpha value is -1.24. The van der Waals surface area contributed by atoms with Gasteiger partial charge in [0.2, 0.25) is 0 Å². The topological polar surface area (TPSA) is 52.5 Å². The number of aliphatic hydroxyl groups is 1. The first-order valence-electron chi connectivity index (χ1n) is 7.83. The molecule has 0 aliphatic carbocycles. The zero-order chi connectivity index (χ0) is 15.9. The third-order valence-electron chi connectivity index (χ3n) is 4.72. The standard InChI is InChI=1S/C16H24N4OS/c1-10-9-22-16-14(10)15(17-12(3)18-16)20-6-5-13(11(20)2)19(4)7-8-21/h9,11,13,21H,5-8H2,1-4H3/t11-,13-/m1/s1. The lowest BCUT2D eigenvalue weighted by molar-refractivity contribution is 0.175. The second kappa shape index (κ2) is 6.10. The smallest absolute Gasteiger partial charge is 0.141 e. The molecule has 2 aromatic heterocycles. The number of hydrogen-bond acceptors (Lipinski definition) is 6. The summed E-state index contributed by atoms with van der Waals surface area (Å²) < 4.78 is 0. The van der Waals surface area contributed by atoms with E-state index in [1.54, 1.807) is 11.3 Å². The van der Waals surface area contributed by atoms with E-state index in [-0.39, 0.29) is 6.61 Å². The van der Waals surface area contributed by atoms with Crippen LogP contribution in [0, 0.1) is 13.8 Å². The van der Waals surface area contributed by atoms with Crippen LogP contribution in [0.4, 0.5) is 5.82 Å². The average molecular weight is 320 g/mol. The molecule has 0 saturated carbocycles. The van der Waals surface area contributed by atoms with Crippen molar-refractivity contribution in [2.75, 3.05) is 31.6 Å². The van der Waals surface area contributed by atoms with Gasteiger partial charge < -0.3 is 10.0 Å². The van der Waals surface area contributed by atoms with Gasteiger partial charge in [-0.05, 0) is 45.2 Å². The summed E-state index contributed by atoms with van der Waals surface area (Å²) in [6, 6.07) is 0.838. The van der Waals surface area contributed by atoms with Gasteiger partial charge in [-0.15, -0.1) is 11.3 Å². The van der Waals surface area contributed by atoms with Crippen molar-refractivity contribution in [3.8, 4) is 0 Å². The van der Waals surface area contributed by atoms with Gasteiger partial charge in [0.05, 0.1) is 12.0 Å². The van der Waals surface area contributed by atoms with Gasteiger partial charge in [-0.1, -0.05) is 0 Å². The molecule has 120 valence electrons. The van der Waals surface area contributed by atoms with Crippen molar-refractivity contribution < 1.29 is 5.11 Å². The van der Waals surface area contributed by atoms with E-state index in [0.29, 0.717) is 12.1 Å². The summed E-state index contributed by atoms with van der Waals surface area (Å²) in [5, 5.41) is 12.5. The van der Waals surface area contributed by atoms with Crippen LogP contribution in [0.3, 0.4) is 0 Å². The first-order valence-corrected chi connectivity index (χ1v) is 8.71. The fraction of sp³-hybridized carbons (Fsp3) is 0.625. The third-order valence-corrected chi connectivity index (χ3v) is 5.71. The zero-order valence-electron chi connectivity index (χ0n) is 13.7. The highest BCUT2D eigenvalue weighted by Gasteiger charge is 2.35. The van der Waals surface area contributed by atoms with Crippen LogP contribution >= 0.6 is 11.3 Å². The number of aryl methyl sites for hydroxylation is 2. The number of likely N-dealkylation sites (N-methyl/N-ethyl adjacent to an activating group) is 1. The lowest BCUT2D eigenvalue weighted by atomic mass is 10.1. The predicted octanol–water partition coefficient (Wildman–Crippen LogP) is 2.20. The molecule has 3 rings (SSSR count). The Bertz CT molecular complexity index is 671. The van der Waals surface area contributed by atoms with E-state index in [1.807, 2.05) is 6.92 Å². The van der Waals surface area contributed by atoms with E-state index in [1.165, 1.54) is 10.9 Å². The fourth-order valence-electron chi connectivity index (χ4n) is 3.51. The highest BCUT2D eigenvalue weighted by molar-refractivity contribution is 7.17. The Kier molecular flexibility index (Phi) is 4.34. The molecular weight excluding hydrogens is 296 g/mol. The molecule has 22 heavy (non-hydrogen) atoms. The Morgan fingerprint density at radius 1 is 1.41 bits per heavy atom. The predicted molar refractivity (Wildman–Crippen MR) is 91.8 cm³/mol. The molecule has 2 atom stereocenters. The average Bonchev–Trinajstić information content (AvgIpc) is 3.02. The summed E-state index contributed by atoms with van der Waals surface area (Å²) in [6.07, 6.45) is 1.10. The summed E-state index contributed by atoms with van der Waals surface area (Å²) in [4.78, 5) is 15.1. The largest absolute Gasteiger partial charge is 0.395 e. The quantitative estimate of drug-likeness (QED) is 0.936. The number of hydrogen-bond donors (Lipinski definition) is 1. The van der Waals surface area contributed by atoms with Crippen molar-refractivity contribution >= 4 is 27.4 Å². The highest BCUT2D eigenvalue weighted by Crippen LogP contribution is 2.35. The van der Waals surface area contributed by atoms with Crippen LogP contribution in [0.25, 0.3) is 10.2 Å². The molecule has 3 heterocycles.